The van der Waals surface area contributed by atoms with Crippen LogP contribution in [0.5, 0.6) is 0 Å². The number of ether oxygens (including phenoxy) is 1. The monoisotopic (exact) mass is 176 g/mol. The number of hydrogen-bond donors (Lipinski definition) is 0. The van der Waals surface area contributed by atoms with E-state index in [4.69, 9.17) is 4.74 Å². The molecule has 0 heterocycles. The normalized spacial score (nSPS) is 24.4. The number of fused-ring (bicyclic) bond motifs is 1. The number of hydrogen-bond acceptors (Lipinski definition) is 1. The molecule has 1 aliphatic rings. The van der Waals surface area contributed by atoms with Gasteiger partial charge in [0.15, 0.2) is 0 Å². The summed E-state index contributed by atoms with van der Waals surface area (Å²) in [6.45, 7) is 4.51. The van der Waals surface area contributed by atoms with E-state index < -0.39 is 0 Å². The lowest BCUT2D eigenvalue weighted by molar-refractivity contribution is 0.0583. The Kier molecular flexibility index (Phi) is 1.92. The summed E-state index contributed by atoms with van der Waals surface area (Å²) in [5.41, 5.74) is 3.06. The van der Waals surface area contributed by atoms with Crippen molar-refractivity contribution in [3.05, 3.63) is 35.4 Å². The van der Waals surface area contributed by atoms with E-state index in [-0.39, 0.29) is 5.41 Å². The van der Waals surface area contributed by atoms with Crippen molar-refractivity contribution in [1.29, 1.82) is 0 Å². The van der Waals surface area contributed by atoms with Gasteiger partial charge in [-0.15, -0.1) is 0 Å². The summed E-state index contributed by atoms with van der Waals surface area (Å²) in [4.78, 5) is 0. The Morgan fingerprint density at radius 1 is 1.31 bits per heavy atom. The minimum absolute atomic E-state index is 0.172. The fourth-order valence-electron chi connectivity index (χ4n) is 2.33. The molecule has 70 valence electrons. The summed E-state index contributed by atoms with van der Waals surface area (Å²) in [7, 11) is 1.80. The van der Waals surface area contributed by atoms with Gasteiger partial charge in [-0.3, -0.25) is 0 Å². The fraction of sp³-hybridized carbons (Fsp3) is 0.500. The van der Waals surface area contributed by atoms with Gasteiger partial charge in [0.25, 0.3) is 0 Å². The predicted molar refractivity (Wildman–Crippen MR) is 54.0 cm³/mol. The van der Waals surface area contributed by atoms with Crippen molar-refractivity contribution in [3.63, 3.8) is 0 Å². The van der Waals surface area contributed by atoms with Crippen molar-refractivity contribution in [2.75, 3.05) is 7.11 Å². The van der Waals surface area contributed by atoms with Crippen LogP contribution in [0.3, 0.4) is 0 Å². The van der Waals surface area contributed by atoms with Gasteiger partial charge in [0.2, 0.25) is 0 Å². The Labute approximate surface area is 79.7 Å². The van der Waals surface area contributed by atoms with Crippen LogP contribution in [0.15, 0.2) is 24.3 Å². The first-order valence-electron chi connectivity index (χ1n) is 4.77. The van der Waals surface area contributed by atoms with Crippen LogP contribution < -0.4 is 0 Å². The van der Waals surface area contributed by atoms with Crippen LogP contribution >= 0.6 is 0 Å². The maximum atomic E-state index is 5.51. The fourth-order valence-corrected chi connectivity index (χ4v) is 2.33. The van der Waals surface area contributed by atoms with Gasteiger partial charge in [0.1, 0.15) is 0 Å². The van der Waals surface area contributed by atoms with E-state index in [1.807, 2.05) is 0 Å². The molecule has 0 saturated carbocycles. The lowest BCUT2D eigenvalue weighted by atomic mass is 9.84. The van der Waals surface area contributed by atoms with Crippen molar-refractivity contribution >= 4 is 0 Å². The summed E-state index contributed by atoms with van der Waals surface area (Å²) >= 11 is 0. The maximum Gasteiger partial charge on any atom is 0.0702 e. The first-order valence-corrected chi connectivity index (χ1v) is 4.77. The molecule has 1 aromatic carbocycles. The van der Waals surface area contributed by atoms with Gasteiger partial charge in [0, 0.05) is 12.5 Å². The zero-order chi connectivity index (χ0) is 9.47. The third kappa shape index (κ3) is 1.19. The summed E-state index contributed by atoms with van der Waals surface area (Å²) in [5, 5.41) is 0. The molecule has 0 aliphatic heterocycles. The molecule has 0 radical (unpaired) electrons. The number of benzene rings is 1. The maximum absolute atomic E-state index is 5.51. The Balaban J connectivity index is 2.47. The van der Waals surface area contributed by atoms with Crippen LogP contribution in [-0.2, 0) is 16.6 Å². The molecular formula is C12H16O. The molecule has 0 aromatic heterocycles. The van der Waals surface area contributed by atoms with E-state index in [2.05, 4.69) is 38.1 Å². The SMILES string of the molecule is COC1Cc2ccccc2C1(C)C. The van der Waals surface area contributed by atoms with Crippen LogP contribution in [0.25, 0.3) is 0 Å². The second kappa shape index (κ2) is 2.85. The Morgan fingerprint density at radius 2 is 2.00 bits per heavy atom. The van der Waals surface area contributed by atoms with Gasteiger partial charge in [-0.25, -0.2) is 0 Å². The van der Waals surface area contributed by atoms with E-state index in [1.54, 1.807) is 7.11 Å². The minimum Gasteiger partial charge on any atom is -0.380 e. The Morgan fingerprint density at radius 3 is 2.62 bits per heavy atom. The molecule has 1 unspecified atom stereocenters. The van der Waals surface area contributed by atoms with Crippen molar-refractivity contribution in [2.24, 2.45) is 0 Å². The van der Waals surface area contributed by atoms with Crippen molar-refractivity contribution in [3.8, 4) is 0 Å². The molecule has 0 N–H and O–H groups in total. The molecule has 13 heavy (non-hydrogen) atoms. The van der Waals surface area contributed by atoms with Crippen molar-refractivity contribution in [1.82, 2.24) is 0 Å². The van der Waals surface area contributed by atoms with Crippen molar-refractivity contribution < 1.29 is 4.74 Å². The highest BCUT2D eigenvalue weighted by Gasteiger charge is 2.38. The third-order valence-electron chi connectivity index (χ3n) is 3.21. The molecule has 1 nitrogen and oxygen atoms in total. The molecule has 1 aliphatic carbocycles. The lowest BCUT2D eigenvalue weighted by Crippen LogP contribution is -2.30. The Hall–Kier alpha value is -0.820. The molecule has 0 amide bonds. The van der Waals surface area contributed by atoms with Crippen LogP contribution in [0.2, 0.25) is 0 Å². The highest BCUT2D eigenvalue weighted by atomic mass is 16.5. The molecule has 0 saturated heterocycles. The lowest BCUT2D eigenvalue weighted by Gasteiger charge is -2.26. The molecule has 1 aromatic rings. The average molecular weight is 176 g/mol. The topological polar surface area (TPSA) is 9.23 Å². The van der Waals surface area contributed by atoms with Gasteiger partial charge < -0.3 is 4.74 Å². The second-order valence-corrected chi connectivity index (χ2v) is 4.31. The average Bonchev–Trinajstić information content (AvgIpc) is 2.39. The highest BCUT2D eigenvalue weighted by Crippen LogP contribution is 2.39. The molecule has 0 spiro atoms. The molecule has 2 rings (SSSR count). The quantitative estimate of drug-likeness (QED) is 0.639. The van der Waals surface area contributed by atoms with E-state index in [9.17, 15) is 0 Å². The largest absolute Gasteiger partial charge is 0.380 e. The van der Waals surface area contributed by atoms with Gasteiger partial charge in [-0.2, -0.15) is 0 Å². The standard InChI is InChI=1S/C12H16O/c1-12(2)10-7-5-4-6-9(10)8-11(12)13-3/h4-7,11H,8H2,1-3H3. The van der Waals surface area contributed by atoms with E-state index in [0.717, 1.165) is 6.42 Å². The zero-order valence-corrected chi connectivity index (χ0v) is 8.50. The van der Waals surface area contributed by atoms with Gasteiger partial charge in [-0.05, 0) is 17.5 Å². The van der Waals surface area contributed by atoms with Crippen molar-refractivity contribution in [2.45, 2.75) is 31.8 Å². The van der Waals surface area contributed by atoms with Crippen LogP contribution in [0.1, 0.15) is 25.0 Å². The first kappa shape index (κ1) is 8.76. The third-order valence-corrected chi connectivity index (χ3v) is 3.21. The second-order valence-electron chi connectivity index (χ2n) is 4.31. The molecule has 1 heteroatoms. The van der Waals surface area contributed by atoms with Gasteiger partial charge >= 0.3 is 0 Å². The van der Waals surface area contributed by atoms with Gasteiger partial charge in [0.05, 0.1) is 6.10 Å². The summed E-state index contributed by atoms with van der Waals surface area (Å²) in [6, 6.07) is 8.63. The highest BCUT2D eigenvalue weighted by molar-refractivity contribution is 5.40. The molecule has 0 bridgehead atoms. The number of rotatable bonds is 1. The summed E-state index contributed by atoms with van der Waals surface area (Å²) < 4.78 is 5.51. The first-order chi connectivity index (χ1) is 6.16. The smallest absolute Gasteiger partial charge is 0.0702 e. The van der Waals surface area contributed by atoms with Gasteiger partial charge in [-0.1, -0.05) is 38.1 Å². The number of methoxy groups -OCH3 is 1. The van der Waals surface area contributed by atoms with Crippen LogP contribution in [0, 0.1) is 0 Å². The van der Waals surface area contributed by atoms with E-state index >= 15 is 0 Å². The minimum atomic E-state index is 0.172. The molecule has 0 fully saturated rings. The van der Waals surface area contributed by atoms with E-state index in [0.29, 0.717) is 6.10 Å². The summed E-state index contributed by atoms with van der Waals surface area (Å²) in [6.07, 6.45) is 1.39. The molecule has 1 atom stereocenters. The summed E-state index contributed by atoms with van der Waals surface area (Å²) in [5.74, 6) is 0. The molecular weight excluding hydrogens is 160 g/mol. The van der Waals surface area contributed by atoms with E-state index in [1.165, 1.54) is 11.1 Å². The van der Waals surface area contributed by atoms with Crippen LogP contribution in [-0.4, -0.2) is 13.2 Å². The predicted octanol–water partition coefficient (Wildman–Crippen LogP) is 2.54. The zero-order valence-electron chi connectivity index (χ0n) is 8.50. The van der Waals surface area contributed by atoms with Crippen LogP contribution in [0.4, 0.5) is 0 Å². The Bertz CT molecular complexity index is 315.